The van der Waals surface area contributed by atoms with Crippen LogP contribution in [0.2, 0.25) is 0 Å². The Bertz CT molecular complexity index is 407. The van der Waals surface area contributed by atoms with Crippen molar-refractivity contribution < 1.29 is 10.0 Å². The average Bonchev–Trinajstić information content (AvgIpc) is 2.38. The minimum absolute atomic E-state index is 0.154. The van der Waals surface area contributed by atoms with Crippen molar-refractivity contribution in [3.8, 4) is 0 Å². The molecule has 0 aliphatic heterocycles. The molecule has 19 heavy (non-hydrogen) atoms. The van der Waals surface area contributed by atoms with E-state index in [1.54, 1.807) is 12.1 Å². The van der Waals surface area contributed by atoms with Crippen molar-refractivity contribution in [2.24, 2.45) is 5.92 Å². The Morgan fingerprint density at radius 1 is 1.37 bits per heavy atom. The van der Waals surface area contributed by atoms with Crippen LogP contribution in [-0.2, 0) is 6.42 Å². The van der Waals surface area contributed by atoms with E-state index in [0.717, 1.165) is 5.56 Å². The van der Waals surface area contributed by atoms with Crippen molar-refractivity contribution in [2.45, 2.75) is 32.7 Å². The summed E-state index contributed by atoms with van der Waals surface area (Å²) < 4.78 is 0. The number of aliphatic hydroxyl groups is 1. The van der Waals surface area contributed by atoms with Gasteiger partial charge in [0.1, 0.15) is 0 Å². The van der Waals surface area contributed by atoms with Gasteiger partial charge in [0.15, 0.2) is 0 Å². The number of hydrogen-bond acceptors (Lipinski definition) is 4. The third-order valence-electron chi connectivity index (χ3n) is 3.23. The van der Waals surface area contributed by atoms with Gasteiger partial charge in [-0.1, -0.05) is 32.0 Å². The summed E-state index contributed by atoms with van der Waals surface area (Å²) in [5.74, 6) is 0.429. The van der Waals surface area contributed by atoms with Gasteiger partial charge in [-0.25, -0.2) is 0 Å². The molecule has 5 nitrogen and oxygen atoms in total. The highest BCUT2D eigenvalue weighted by atomic mass is 16.6. The monoisotopic (exact) mass is 266 g/mol. The molecule has 0 aliphatic rings. The standard InChI is InChI=1S/C14H22N2O3/c1-11(2)13(8-10-17)15-9-7-12-5-3-4-6-14(12)16(18)19/h3-6,11,13,15,17H,7-10H2,1-2H3. The third-order valence-corrected chi connectivity index (χ3v) is 3.23. The topological polar surface area (TPSA) is 75.4 Å². The first-order valence-corrected chi connectivity index (χ1v) is 6.62. The van der Waals surface area contributed by atoms with Crippen molar-refractivity contribution in [1.82, 2.24) is 5.32 Å². The molecule has 5 heteroatoms. The molecule has 1 rings (SSSR count). The molecule has 0 aromatic heterocycles. The van der Waals surface area contributed by atoms with Gasteiger partial charge in [-0.05, 0) is 25.3 Å². The maximum Gasteiger partial charge on any atom is 0.272 e. The van der Waals surface area contributed by atoms with E-state index < -0.39 is 0 Å². The SMILES string of the molecule is CC(C)C(CCO)NCCc1ccccc1[N+](=O)[O-]. The number of para-hydroxylation sites is 1. The van der Waals surface area contributed by atoms with Crippen molar-refractivity contribution in [1.29, 1.82) is 0 Å². The predicted octanol–water partition coefficient (Wildman–Crippen LogP) is 2.13. The summed E-state index contributed by atoms with van der Waals surface area (Å²) in [7, 11) is 0. The van der Waals surface area contributed by atoms with Crippen molar-refractivity contribution in [3.05, 3.63) is 39.9 Å². The summed E-state index contributed by atoms with van der Waals surface area (Å²) in [6.45, 7) is 5.02. The van der Waals surface area contributed by atoms with E-state index in [1.807, 2.05) is 6.07 Å². The lowest BCUT2D eigenvalue weighted by Crippen LogP contribution is -2.36. The zero-order chi connectivity index (χ0) is 14.3. The predicted molar refractivity (Wildman–Crippen MR) is 75.1 cm³/mol. The van der Waals surface area contributed by atoms with Gasteiger partial charge >= 0.3 is 0 Å². The Labute approximate surface area is 113 Å². The molecule has 0 heterocycles. The average molecular weight is 266 g/mol. The Morgan fingerprint density at radius 3 is 2.63 bits per heavy atom. The van der Waals surface area contributed by atoms with Crippen LogP contribution in [0, 0.1) is 16.0 Å². The zero-order valence-electron chi connectivity index (χ0n) is 11.5. The number of nitro groups is 1. The fourth-order valence-electron chi connectivity index (χ4n) is 2.10. The molecule has 0 saturated heterocycles. The maximum absolute atomic E-state index is 10.9. The molecule has 106 valence electrons. The quantitative estimate of drug-likeness (QED) is 0.558. The van der Waals surface area contributed by atoms with Crippen molar-refractivity contribution in [2.75, 3.05) is 13.2 Å². The number of rotatable bonds is 8. The van der Waals surface area contributed by atoms with Crippen LogP contribution in [0.1, 0.15) is 25.8 Å². The lowest BCUT2D eigenvalue weighted by molar-refractivity contribution is -0.385. The summed E-state index contributed by atoms with van der Waals surface area (Å²) in [5.41, 5.74) is 0.916. The lowest BCUT2D eigenvalue weighted by atomic mass is 10.0. The van der Waals surface area contributed by atoms with Crippen LogP contribution in [0.25, 0.3) is 0 Å². The number of hydrogen-bond donors (Lipinski definition) is 2. The van der Waals surface area contributed by atoms with E-state index in [2.05, 4.69) is 19.2 Å². The summed E-state index contributed by atoms with van der Waals surface area (Å²) in [6.07, 6.45) is 1.32. The van der Waals surface area contributed by atoms with Crippen LogP contribution in [0.5, 0.6) is 0 Å². The first-order valence-electron chi connectivity index (χ1n) is 6.62. The molecular weight excluding hydrogens is 244 g/mol. The highest BCUT2D eigenvalue weighted by Gasteiger charge is 2.14. The number of aliphatic hydroxyl groups excluding tert-OH is 1. The minimum Gasteiger partial charge on any atom is -0.396 e. The van der Waals surface area contributed by atoms with Crippen molar-refractivity contribution in [3.63, 3.8) is 0 Å². The molecule has 2 N–H and O–H groups in total. The Kier molecular flexibility index (Phi) is 6.45. The molecule has 0 radical (unpaired) electrons. The van der Waals surface area contributed by atoms with E-state index in [4.69, 9.17) is 5.11 Å². The summed E-state index contributed by atoms with van der Waals surface area (Å²) in [6, 6.07) is 7.06. The van der Waals surface area contributed by atoms with Crippen LogP contribution >= 0.6 is 0 Å². The number of nitrogens with one attached hydrogen (secondary N) is 1. The van der Waals surface area contributed by atoms with Crippen LogP contribution in [0.4, 0.5) is 5.69 Å². The molecule has 1 unspecified atom stereocenters. The molecule has 0 aliphatic carbocycles. The molecular formula is C14H22N2O3. The Hall–Kier alpha value is -1.46. The second-order valence-corrected chi connectivity index (χ2v) is 4.95. The minimum atomic E-state index is -0.344. The Morgan fingerprint density at radius 2 is 2.05 bits per heavy atom. The second-order valence-electron chi connectivity index (χ2n) is 4.95. The fourth-order valence-corrected chi connectivity index (χ4v) is 2.10. The van der Waals surface area contributed by atoms with Crippen LogP contribution in [0.15, 0.2) is 24.3 Å². The van der Waals surface area contributed by atoms with Gasteiger partial charge in [0, 0.05) is 24.3 Å². The molecule has 0 saturated carbocycles. The zero-order valence-corrected chi connectivity index (χ0v) is 11.5. The van der Waals surface area contributed by atoms with E-state index >= 15 is 0 Å². The van der Waals surface area contributed by atoms with Gasteiger partial charge in [-0.15, -0.1) is 0 Å². The van der Waals surface area contributed by atoms with Gasteiger partial charge < -0.3 is 10.4 Å². The Balaban J connectivity index is 2.55. The van der Waals surface area contributed by atoms with Crippen LogP contribution < -0.4 is 5.32 Å². The molecule has 0 fully saturated rings. The molecule has 0 bridgehead atoms. The lowest BCUT2D eigenvalue weighted by Gasteiger charge is -2.21. The van der Waals surface area contributed by atoms with Crippen LogP contribution in [-0.4, -0.2) is 29.2 Å². The second kappa shape index (κ2) is 7.86. The van der Waals surface area contributed by atoms with Gasteiger partial charge in [0.2, 0.25) is 0 Å². The third kappa shape index (κ3) is 4.96. The molecule has 0 amide bonds. The van der Waals surface area contributed by atoms with Gasteiger partial charge in [0.05, 0.1) is 4.92 Å². The normalized spacial score (nSPS) is 12.6. The van der Waals surface area contributed by atoms with Crippen molar-refractivity contribution >= 4 is 5.69 Å². The molecule has 1 atom stereocenters. The highest BCUT2D eigenvalue weighted by molar-refractivity contribution is 5.39. The van der Waals surface area contributed by atoms with Gasteiger partial charge in [0.25, 0.3) is 5.69 Å². The largest absolute Gasteiger partial charge is 0.396 e. The van der Waals surface area contributed by atoms with Gasteiger partial charge in [-0.3, -0.25) is 10.1 Å². The summed E-state index contributed by atoms with van der Waals surface area (Å²) >= 11 is 0. The molecule has 1 aromatic rings. The summed E-state index contributed by atoms with van der Waals surface area (Å²) in [5, 5.41) is 23.2. The first-order chi connectivity index (χ1) is 9.06. The smallest absolute Gasteiger partial charge is 0.272 e. The van der Waals surface area contributed by atoms with Crippen LogP contribution in [0.3, 0.4) is 0 Å². The first kappa shape index (κ1) is 15.6. The summed E-state index contributed by atoms with van der Waals surface area (Å²) in [4.78, 5) is 10.5. The highest BCUT2D eigenvalue weighted by Crippen LogP contribution is 2.17. The molecule has 1 aromatic carbocycles. The van der Waals surface area contributed by atoms with E-state index in [-0.39, 0.29) is 23.3 Å². The van der Waals surface area contributed by atoms with Gasteiger partial charge in [-0.2, -0.15) is 0 Å². The fraction of sp³-hybridized carbons (Fsp3) is 0.571. The molecule has 0 spiro atoms. The van der Waals surface area contributed by atoms with E-state index in [0.29, 0.717) is 25.3 Å². The van der Waals surface area contributed by atoms with E-state index in [9.17, 15) is 10.1 Å². The number of benzene rings is 1. The number of nitro benzene ring substituents is 1. The maximum atomic E-state index is 10.9. The van der Waals surface area contributed by atoms with E-state index in [1.165, 1.54) is 6.07 Å². The number of nitrogens with zero attached hydrogens (tertiary/aromatic N) is 1.